The summed E-state index contributed by atoms with van der Waals surface area (Å²) in [5, 5.41) is 5.69. The fourth-order valence-electron chi connectivity index (χ4n) is 2.52. The number of carbonyl (C=O) groups excluding carboxylic acids is 1. The zero-order valence-corrected chi connectivity index (χ0v) is 13.7. The van der Waals surface area contributed by atoms with Crippen LogP contribution in [0.3, 0.4) is 0 Å². The third-order valence-electron chi connectivity index (χ3n) is 3.77. The van der Waals surface area contributed by atoms with Crippen LogP contribution in [0.4, 0.5) is 10.5 Å². The van der Waals surface area contributed by atoms with Crippen molar-refractivity contribution >= 4 is 11.7 Å². The zero-order valence-electron chi connectivity index (χ0n) is 13.7. The van der Waals surface area contributed by atoms with E-state index in [4.69, 9.17) is 14.2 Å². The molecule has 24 heavy (non-hydrogen) atoms. The minimum atomic E-state index is -0.304. The van der Waals surface area contributed by atoms with Gasteiger partial charge >= 0.3 is 6.03 Å². The normalized spacial score (nSPS) is 13.8. The molecular formula is C18H20N2O4. The topological polar surface area (TPSA) is 68.8 Å². The van der Waals surface area contributed by atoms with Crippen molar-refractivity contribution in [3.8, 4) is 17.2 Å². The standard InChI is InChI=1S/C18H20N2O4/c1-12(13-7-8-16-17(11-13)24-10-9-23-16)19-18(21)20-14-5-3-4-6-15(14)22-2/h3-8,11-12H,9-10H2,1-2H3,(H2,19,20,21)/t12-/m0/s1. The zero-order chi connectivity index (χ0) is 16.9. The summed E-state index contributed by atoms with van der Waals surface area (Å²) in [4.78, 5) is 12.2. The molecule has 2 amide bonds. The fourth-order valence-corrected chi connectivity index (χ4v) is 2.52. The lowest BCUT2D eigenvalue weighted by atomic mass is 10.1. The predicted molar refractivity (Wildman–Crippen MR) is 91.0 cm³/mol. The van der Waals surface area contributed by atoms with Crippen molar-refractivity contribution in [1.82, 2.24) is 5.32 Å². The van der Waals surface area contributed by atoms with Crippen LogP contribution in [0.2, 0.25) is 0 Å². The average molecular weight is 328 g/mol. The van der Waals surface area contributed by atoms with Gasteiger partial charge in [0.2, 0.25) is 0 Å². The number of rotatable bonds is 4. The SMILES string of the molecule is COc1ccccc1NC(=O)N[C@@H](C)c1ccc2c(c1)OCCO2. The number of benzene rings is 2. The Morgan fingerprint density at radius 3 is 2.67 bits per heavy atom. The van der Waals surface area contributed by atoms with Crippen LogP contribution >= 0.6 is 0 Å². The number of fused-ring (bicyclic) bond motifs is 1. The second-order valence-corrected chi connectivity index (χ2v) is 5.42. The van der Waals surface area contributed by atoms with Crippen LogP contribution in [0.25, 0.3) is 0 Å². The Morgan fingerprint density at radius 2 is 1.88 bits per heavy atom. The van der Waals surface area contributed by atoms with Gasteiger partial charge in [-0.2, -0.15) is 0 Å². The van der Waals surface area contributed by atoms with Crippen molar-refractivity contribution in [3.05, 3.63) is 48.0 Å². The molecule has 6 heteroatoms. The molecule has 0 spiro atoms. The van der Waals surface area contributed by atoms with Gasteiger partial charge in [0.15, 0.2) is 11.5 Å². The maximum absolute atomic E-state index is 12.2. The van der Waals surface area contributed by atoms with Crippen molar-refractivity contribution < 1.29 is 19.0 Å². The highest BCUT2D eigenvalue weighted by atomic mass is 16.6. The van der Waals surface area contributed by atoms with Gasteiger partial charge in [-0.25, -0.2) is 4.79 Å². The van der Waals surface area contributed by atoms with Crippen LogP contribution in [0.1, 0.15) is 18.5 Å². The Labute approximate surface area is 140 Å². The molecule has 1 atom stereocenters. The number of carbonyl (C=O) groups is 1. The van der Waals surface area contributed by atoms with Crippen LogP contribution in [0, 0.1) is 0 Å². The van der Waals surface area contributed by atoms with E-state index in [1.807, 2.05) is 37.3 Å². The molecule has 0 saturated carbocycles. The number of urea groups is 1. The molecule has 0 unspecified atom stereocenters. The Morgan fingerprint density at radius 1 is 1.12 bits per heavy atom. The lowest BCUT2D eigenvalue weighted by Gasteiger charge is -2.21. The van der Waals surface area contributed by atoms with Gasteiger partial charge in [0, 0.05) is 0 Å². The largest absolute Gasteiger partial charge is 0.495 e. The first-order valence-corrected chi connectivity index (χ1v) is 7.77. The number of methoxy groups -OCH3 is 1. The van der Waals surface area contributed by atoms with Crippen LogP contribution < -0.4 is 24.8 Å². The maximum Gasteiger partial charge on any atom is 0.319 e. The minimum Gasteiger partial charge on any atom is -0.495 e. The van der Waals surface area contributed by atoms with E-state index in [1.165, 1.54) is 0 Å². The van der Waals surface area contributed by atoms with E-state index in [-0.39, 0.29) is 12.1 Å². The van der Waals surface area contributed by atoms with Gasteiger partial charge in [-0.3, -0.25) is 0 Å². The Bertz CT molecular complexity index is 733. The van der Waals surface area contributed by atoms with Gasteiger partial charge < -0.3 is 24.8 Å². The number of amides is 2. The molecular weight excluding hydrogens is 308 g/mol. The molecule has 3 rings (SSSR count). The van der Waals surface area contributed by atoms with E-state index in [1.54, 1.807) is 19.2 Å². The summed E-state index contributed by atoms with van der Waals surface area (Å²) in [5.74, 6) is 2.05. The number of hydrogen-bond acceptors (Lipinski definition) is 4. The lowest BCUT2D eigenvalue weighted by molar-refractivity contribution is 0.171. The van der Waals surface area contributed by atoms with Gasteiger partial charge in [0.05, 0.1) is 18.8 Å². The first-order chi connectivity index (χ1) is 11.7. The van der Waals surface area contributed by atoms with Crippen LogP contribution in [0.15, 0.2) is 42.5 Å². The average Bonchev–Trinajstić information content (AvgIpc) is 2.61. The lowest BCUT2D eigenvalue weighted by Crippen LogP contribution is -2.31. The molecule has 126 valence electrons. The second-order valence-electron chi connectivity index (χ2n) is 5.42. The molecule has 0 saturated heterocycles. The predicted octanol–water partition coefficient (Wildman–Crippen LogP) is 3.35. The smallest absolute Gasteiger partial charge is 0.319 e. The molecule has 0 bridgehead atoms. The third-order valence-corrected chi connectivity index (χ3v) is 3.77. The molecule has 0 aliphatic carbocycles. The Balaban J connectivity index is 1.66. The van der Waals surface area contributed by atoms with E-state index >= 15 is 0 Å². The van der Waals surface area contributed by atoms with E-state index in [9.17, 15) is 4.79 Å². The first-order valence-electron chi connectivity index (χ1n) is 7.77. The maximum atomic E-state index is 12.2. The third kappa shape index (κ3) is 3.53. The molecule has 0 aromatic heterocycles. The van der Waals surface area contributed by atoms with Gasteiger partial charge in [-0.1, -0.05) is 18.2 Å². The van der Waals surface area contributed by atoms with Gasteiger partial charge in [0.1, 0.15) is 19.0 Å². The Kier molecular flexibility index (Phi) is 4.74. The number of ether oxygens (including phenoxy) is 3. The summed E-state index contributed by atoms with van der Waals surface area (Å²) in [7, 11) is 1.57. The summed E-state index contributed by atoms with van der Waals surface area (Å²) in [6.45, 7) is 3.00. The highest BCUT2D eigenvalue weighted by molar-refractivity contribution is 5.91. The minimum absolute atomic E-state index is 0.185. The number of nitrogens with one attached hydrogen (secondary N) is 2. The molecule has 1 aliphatic heterocycles. The van der Waals surface area contributed by atoms with Crippen molar-refractivity contribution in [2.75, 3.05) is 25.6 Å². The van der Waals surface area contributed by atoms with E-state index in [0.29, 0.717) is 30.4 Å². The summed E-state index contributed by atoms with van der Waals surface area (Å²) in [6.07, 6.45) is 0. The van der Waals surface area contributed by atoms with Crippen molar-refractivity contribution in [3.63, 3.8) is 0 Å². The first kappa shape index (κ1) is 16.0. The van der Waals surface area contributed by atoms with E-state index in [2.05, 4.69) is 10.6 Å². The molecule has 6 nitrogen and oxygen atoms in total. The molecule has 0 radical (unpaired) electrons. The van der Waals surface area contributed by atoms with E-state index in [0.717, 1.165) is 11.3 Å². The summed E-state index contributed by atoms with van der Waals surface area (Å²) in [5.41, 5.74) is 1.56. The summed E-state index contributed by atoms with van der Waals surface area (Å²) in [6, 6.07) is 12.4. The quantitative estimate of drug-likeness (QED) is 0.903. The molecule has 2 aromatic carbocycles. The number of hydrogen-bond donors (Lipinski definition) is 2. The van der Waals surface area contributed by atoms with Crippen molar-refractivity contribution in [2.24, 2.45) is 0 Å². The molecule has 2 aromatic rings. The number of anilines is 1. The second kappa shape index (κ2) is 7.12. The van der Waals surface area contributed by atoms with E-state index < -0.39 is 0 Å². The van der Waals surface area contributed by atoms with Crippen molar-refractivity contribution in [2.45, 2.75) is 13.0 Å². The molecule has 0 fully saturated rings. The van der Waals surface area contributed by atoms with Gasteiger partial charge in [-0.15, -0.1) is 0 Å². The van der Waals surface area contributed by atoms with Crippen LogP contribution in [-0.4, -0.2) is 26.4 Å². The molecule has 1 aliphatic rings. The number of para-hydroxylation sites is 2. The fraction of sp³-hybridized carbons (Fsp3) is 0.278. The highest BCUT2D eigenvalue weighted by Crippen LogP contribution is 2.32. The molecule has 1 heterocycles. The molecule has 2 N–H and O–H groups in total. The van der Waals surface area contributed by atoms with Gasteiger partial charge in [-0.05, 0) is 36.8 Å². The van der Waals surface area contributed by atoms with Gasteiger partial charge in [0.25, 0.3) is 0 Å². The van der Waals surface area contributed by atoms with Crippen LogP contribution in [0.5, 0.6) is 17.2 Å². The summed E-state index contributed by atoms with van der Waals surface area (Å²) >= 11 is 0. The summed E-state index contributed by atoms with van der Waals surface area (Å²) < 4.78 is 16.3. The van der Waals surface area contributed by atoms with Crippen LogP contribution in [-0.2, 0) is 0 Å². The Hall–Kier alpha value is -2.89. The monoisotopic (exact) mass is 328 g/mol. The highest BCUT2D eigenvalue weighted by Gasteiger charge is 2.16. The van der Waals surface area contributed by atoms with Crippen molar-refractivity contribution in [1.29, 1.82) is 0 Å².